The van der Waals surface area contributed by atoms with E-state index in [1.807, 2.05) is 36.6 Å². The van der Waals surface area contributed by atoms with Gasteiger partial charge >= 0.3 is 0 Å². The van der Waals surface area contributed by atoms with Crippen LogP contribution < -0.4 is 14.2 Å². The Hall–Kier alpha value is -2.95. The third kappa shape index (κ3) is 5.02. The minimum atomic E-state index is -0.509. The zero-order valence-corrected chi connectivity index (χ0v) is 20.1. The molecule has 11 heteroatoms. The van der Waals surface area contributed by atoms with Gasteiger partial charge in [-0.2, -0.15) is 9.39 Å². The van der Waals surface area contributed by atoms with Crippen LogP contribution in [-0.2, 0) is 4.79 Å². The molecule has 170 valence electrons. The average molecular weight is 503 g/mol. The van der Waals surface area contributed by atoms with E-state index in [2.05, 4.69) is 9.39 Å². The second kappa shape index (κ2) is 10.3. The molecule has 8 nitrogen and oxygen atoms in total. The molecule has 0 saturated carbocycles. The fourth-order valence-electron chi connectivity index (χ4n) is 3.08. The Balaban J connectivity index is 1.51. The molecular weight excluding hydrogens is 484 g/mol. The quantitative estimate of drug-likeness (QED) is 0.331. The van der Waals surface area contributed by atoms with Crippen LogP contribution in [0.2, 0.25) is 5.02 Å². The molecule has 0 fully saturated rings. The Morgan fingerprint density at radius 3 is 2.70 bits per heavy atom. The van der Waals surface area contributed by atoms with Crippen molar-refractivity contribution in [1.82, 2.24) is 4.90 Å². The summed E-state index contributed by atoms with van der Waals surface area (Å²) in [5.74, 6) is 1.02. The van der Waals surface area contributed by atoms with Crippen molar-refractivity contribution >= 4 is 63.5 Å². The molecule has 0 spiro atoms. The van der Waals surface area contributed by atoms with Gasteiger partial charge in [-0.1, -0.05) is 41.6 Å². The lowest BCUT2D eigenvalue weighted by atomic mass is 10.1. The number of methoxy groups -OCH3 is 1. The molecule has 4 rings (SSSR count). The molecule has 2 heterocycles. The van der Waals surface area contributed by atoms with E-state index < -0.39 is 5.91 Å². The number of halogens is 1. The van der Waals surface area contributed by atoms with Crippen molar-refractivity contribution in [1.29, 1.82) is 5.41 Å². The zero-order chi connectivity index (χ0) is 23.4. The van der Waals surface area contributed by atoms with Crippen LogP contribution in [0, 0.1) is 5.41 Å². The van der Waals surface area contributed by atoms with E-state index in [1.54, 1.807) is 23.1 Å². The van der Waals surface area contributed by atoms with Gasteiger partial charge in [0.15, 0.2) is 16.7 Å². The molecule has 0 atom stereocenters. The predicted molar refractivity (Wildman–Crippen MR) is 134 cm³/mol. The largest absolute Gasteiger partial charge is 0.493 e. The number of fused-ring (bicyclic) bond motifs is 1. The Labute approximate surface area is 204 Å². The summed E-state index contributed by atoms with van der Waals surface area (Å²) in [4.78, 5) is 18.1. The number of carbonyl (C=O) groups is 1. The molecule has 1 N–H and O–H groups in total. The van der Waals surface area contributed by atoms with Crippen LogP contribution in [0.5, 0.6) is 17.2 Å². The monoisotopic (exact) mass is 502 g/mol. The smallest absolute Gasteiger partial charge is 0.283 e. The lowest BCUT2D eigenvalue weighted by molar-refractivity contribution is -0.114. The number of aliphatic imine (C=N–C) groups is 1. The summed E-state index contributed by atoms with van der Waals surface area (Å²) in [7, 11) is 1.50. The van der Waals surface area contributed by atoms with E-state index in [-0.39, 0.29) is 18.0 Å². The highest BCUT2D eigenvalue weighted by molar-refractivity contribution is 8.18. The standard InChI is InChI=1S/C22H19ClN4O4S2/c1-29-17-12-13(10-15-19(24)27-21(25-20(15)28)33-26-22(27)32-2)11-16(23)18(17)31-9-8-30-14-6-4-3-5-7-14/h3-7,10-12,24H,8-9H2,1-2H3/b15-10-,24-19?. The van der Waals surface area contributed by atoms with Crippen molar-refractivity contribution in [2.75, 3.05) is 26.6 Å². The fourth-order valence-corrected chi connectivity index (χ4v) is 4.81. The minimum absolute atomic E-state index is 0.0107. The molecule has 0 radical (unpaired) electrons. The van der Waals surface area contributed by atoms with Crippen LogP contribution >= 0.6 is 35.3 Å². The summed E-state index contributed by atoms with van der Waals surface area (Å²) in [6.45, 7) is 0.587. The van der Waals surface area contributed by atoms with Crippen molar-refractivity contribution in [2.45, 2.75) is 0 Å². The third-order valence-corrected chi connectivity index (χ3v) is 6.32. The number of rotatable bonds is 7. The van der Waals surface area contributed by atoms with Crippen LogP contribution in [0.25, 0.3) is 6.08 Å². The summed E-state index contributed by atoms with van der Waals surface area (Å²) in [5, 5.41) is 9.79. The summed E-state index contributed by atoms with van der Waals surface area (Å²) >= 11 is 8.91. The first-order chi connectivity index (χ1) is 16.0. The molecule has 0 unspecified atom stereocenters. The number of benzene rings is 2. The molecule has 33 heavy (non-hydrogen) atoms. The van der Waals surface area contributed by atoms with Crippen LogP contribution in [0.1, 0.15) is 5.56 Å². The molecule has 2 aromatic carbocycles. The number of hydrogen-bond donors (Lipinski definition) is 1. The minimum Gasteiger partial charge on any atom is -0.493 e. The maximum absolute atomic E-state index is 12.5. The van der Waals surface area contributed by atoms with Gasteiger partial charge in [0.05, 0.1) is 29.7 Å². The van der Waals surface area contributed by atoms with Gasteiger partial charge in [-0.05, 0) is 42.2 Å². The predicted octanol–water partition coefficient (Wildman–Crippen LogP) is 4.75. The number of ether oxygens (including phenoxy) is 3. The van der Waals surface area contributed by atoms with Crippen LogP contribution in [0.4, 0.5) is 0 Å². The summed E-state index contributed by atoms with van der Waals surface area (Å²) in [6, 6.07) is 12.8. The van der Waals surface area contributed by atoms with Gasteiger partial charge < -0.3 is 14.2 Å². The highest BCUT2D eigenvalue weighted by atomic mass is 35.5. The lowest BCUT2D eigenvalue weighted by Gasteiger charge is -2.24. The first-order valence-electron chi connectivity index (χ1n) is 9.72. The molecule has 1 amide bonds. The molecular formula is C22H19ClN4O4S2. The van der Waals surface area contributed by atoms with Crippen LogP contribution in [0.15, 0.2) is 57.4 Å². The number of amides is 1. The lowest BCUT2D eigenvalue weighted by Crippen LogP contribution is -2.41. The van der Waals surface area contributed by atoms with Gasteiger partial charge in [-0.3, -0.25) is 10.2 Å². The number of amidine groups is 3. The van der Waals surface area contributed by atoms with E-state index in [1.165, 1.54) is 18.9 Å². The van der Waals surface area contributed by atoms with E-state index in [4.69, 9.17) is 31.2 Å². The highest BCUT2D eigenvalue weighted by Gasteiger charge is 2.37. The Morgan fingerprint density at radius 1 is 1.21 bits per heavy atom. The van der Waals surface area contributed by atoms with E-state index in [0.717, 1.165) is 17.7 Å². The number of hydrogen-bond acceptors (Lipinski definition) is 8. The molecule has 2 aliphatic rings. The van der Waals surface area contributed by atoms with Crippen LogP contribution in [0.3, 0.4) is 0 Å². The number of carbonyl (C=O) groups excluding carboxylic acids is 1. The average Bonchev–Trinajstić information content (AvgIpc) is 3.23. The van der Waals surface area contributed by atoms with Crippen molar-refractivity contribution in [3.05, 3.63) is 58.6 Å². The second-order valence-electron chi connectivity index (χ2n) is 6.65. The van der Waals surface area contributed by atoms with E-state index in [0.29, 0.717) is 39.0 Å². The van der Waals surface area contributed by atoms with Gasteiger partial charge in [0.1, 0.15) is 24.8 Å². The molecule has 0 bridgehead atoms. The van der Waals surface area contributed by atoms with E-state index in [9.17, 15) is 4.79 Å². The first-order valence-corrected chi connectivity index (χ1v) is 12.1. The number of nitrogens with one attached hydrogen (secondary N) is 1. The van der Waals surface area contributed by atoms with Gasteiger partial charge in [-0.15, -0.1) is 0 Å². The Bertz CT molecular complexity index is 1180. The molecule has 2 aliphatic heterocycles. The number of nitrogens with zero attached hydrogens (tertiary/aromatic N) is 3. The van der Waals surface area contributed by atoms with Crippen LogP contribution in [-0.4, -0.2) is 53.6 Å². The molecule has 0 aliphatic carbocycles. The highest BCUT2D eigenvalue weighted by Crippen LogP contribution is 2.38. The summed E-state index contributed by atoms with van der Waals surface area (Å²) in [5.41, 5.74) is 0.706. The van der Waals surface area contributed by atoms with Crippen molar-refractivity contribution < 1.29 is 19.0 Å². The van der Waals surface area contributed by atoms with Gasteiger partial charge in [-0.25, -0.2) is 4.90 Å². The van der Waals surface area contributed by atoms with E-state index >= 15 is 0 Å². The number of thioether (sulfide) groups is 1. The zero-order valence-electron chi connectivity index (χ0n) is 17.7. The van der Waals surface area contributed by atoms with Gasteiger partial charge in [0.2, 0.25) is 5.17 Å². The van der Waals surface area contributed by atoms with Gasteiger partial charge in [0, 0.05) is 0 Å². The summed E-state index contributed by atoms with van der Waals surface area (Å²) < 4.78 is 21.1. The fraction of sp³-hybridized carbons (Fsp3) is 0.182. The second-order valence-corrected chi connectivity index (χ2v) is 8.57. The normalized spacial score (nSPS) is 16.5. The molecule has 0 aromatic heterocycles. The Morgan fingerprint density at radius 2 is 1.97 bits per heavy atom. The summed E-state index contributed by atoms with van der Waals surface area (Å²) in [6.07, 6.45) is 3.41. The van der Waals surface area contributed by atoms with Crippen molar-refractivity contribution in [3.63, 3.8) is 0 Å². The molecule has 0 saturated heterocycles. The maximum Gasteiger partial charge on any atom is 0.283 e. The van der Waals surface area contributed by atoms with Crippen molar-refractivity contribution in [3.8, 4) is 17.2 Å². The SMILES string of the molecule is COc1cc(/C=C2/C(=N)N3C(SC)=NSC3=NC2=O)cc(Cl)c1OCCOc1ccccc1. The van der Waals surface area contributed by atoms with Crippen molar-refractivity contribution in [2.24, 2.45) is 9.39 Å². The maximum atomic E-state index is 12.5. The molecule has 2 aromatic rings. The Kier molecular flexibility index (Phi) is 7.26. The number of para-hydroxylation sites is 1. The third-order valence-electron chi connectivity index (χ3n) is 4.58. The first kappa shape index (κ1) is 23.2. The van der Waals surface area contributed by atoms with Gasteiger partial charge in [0.25, 0.3) is 5.91 Å². The topological polar surface area (TPSA) is 96.6 Å².